The first-order valence-electron chi connectivity index (χ1n) is 18.9. The number of hydrogen-bond donors (Lipinski definition) is 1. The Morgan fingerprint density at radius 1 is 0.907 bits per heavy atom. The Kier molecular flexibility index (Phi) is 9.08. The summed E-state index contributed by atoms with van der Waals surface area (Å²) in [6.45, 7) is 7.39. The molecule has 3 fully saturated rings. The average Bonchev–Trinajstić information content (AvgIpc) is 3.86. The highest BCUT2D eigenvalue weighted by atomic mass is 16.5. The van der Waals surface area contributed by atoms with E-state index >= 15 is 0 Å². The van der Waals surface area contributed by atoms with Crippen molar-refractivity contribution in [3.05, 3.63) is 94.4 Å². The molecule has 1 unspecified atom stereocenters. The molecular weight excluding hydrogens is 683 g/mol. The largest absolute Gasteiger partial charge is 0.493 e. The molecular formula is C43H43N5O6. The molecule has 2 aliphatic carbocycles. The zero-order chi connectivity index (χ0) is 37.7. The Balaban J connectivity index is 0.946. The summed E-state index contributed by atoms with van der Waals surface area (Å²) in [6, 6.07) is 21.5. The van der Waals surface area contributed by atoms with Crippen molar-refractivity contribution >= 4 is 35.0 Å². The zero-order valence-corrected chi connectivity index (χ0v) is 30.8. The van der Waals surface area contributed by atoms with Crippen molar-refractivity contribution in [1.29, 1.82) is 5.26 Å². The van der Waals surface area contributed by atoms with Crippen LogP contribution in [0.15, 0.2) is 65.2 Å². The molecule has 0 bridgehead atoms. The number of piperidine rings is 1. The first-order chi connectivity index (χ1) is 26.0. The lowest BCUT2D eigenvalue weighted by Crippen LogP contribution is -2.54. The molecule has 1 aromatic heterocycles. The van der Waals surface area contributed by atoms with Gasteiger partial charge in [-0.15, -0.1) is 0 Å². The van der Waals surface area contributed by atoms with E-state index in [2.05, 4.69) is 70.8 Å². The molecule has 2 aliphatic heterocycles. The van der Waals surface area contributed by atoms with Gasteiger partial charge in [0.05, 0.1) is 34.9 Å². The van der Waals surface area contributed by atoms with E-state index in [0.717, 1.165) is 89.5 Å². The Morgan fingerprint density at radius 3 is 2.30 bits per heavy atom. The fourth-order valence-electron chi connectivity index (χ4n) is 8.44. The number of carbonyl (C=O) groups excluding carboxylic acids is 4. The lowest BCUT2D eigenvalue weighted by molar-refractivity contribution is -0.136. The van der Waals surface area contributed by atoms with Crippen molar-refractivity contribution in [3.63, 3.8) is 0 Å². The molecule has 1 saturated heterocycles. The van der Waals surface area contributed by atoms with Gasteiger partial charge in [-0.3, -0.25) is 29.4 Å². The Morgan fingerprint density at radius 2 is 1.63 bits per heavy atom. The molecule has 1 atom stereocenters. The fraction of sp³-hybridized carbons (Fsp3) is 0.395. The van der Waals surface area contributed by atoms with Crippen LogP contribution in [-0.2, 0) is 15.0 Å². The van der Waals surface area contributed by atoms with Gasteiger partial charge in [-0.2, -0.15) is 5.26 Å². The number of hydrogen-bond acceptors (Lipinski definition) is 9. The van der Waals surface area contributed by atoms with Gasteiger partial charge in [0.25, 0.3) is 11.8 Å². The minimum Gasteiger partial charge on any atom is -0.493 e. The van der Waals surface area contributed by atoms with Gasteiger partial charge in [0.2, 0.25) is 11.8 Å². The zero-order valence-electron chi connectivity index (χ0n) is 30.8. The first kappa shape index (κ1) is 35.3. The van der Waals surface area contributed by atoms with Crippen molar-refractivity contribution in [2.24, 2.45) is 11.8 Å². The minimum atomic E-state index is -1.00. The quantitative estimate of drug-likeness (QED) is 0.167. The standard InChI is InChI=1S/C43H43N5O6/c1-25-4-9-30(39-26(2)46-54-27(39)3)20-37(25)47(32-12-10-31(11-13-32)43(24-44)18-19-43)22-28-5-7-29(8-6-28)23-53-33-14-15-34-35(21-33)42(52)48(41(34)51)36-16-17-38(49)45-40(36)50/h4,9-15,20-21,28-29,36H,5-8,16-19,22-23H2,1-3H3,(H,45,49,50)/t28-,29-,36?. The summed E-state index contributed by atoms with van der Waals surface area (Å²) < 4.78 is 11.7. The highest BCUT2D eigenvalue weighted by Crippen LogP contribution is 2.48. The van der Waals surface area contributed by atoms with Crippen molar-refractivity contribution in [2.45, 2.75) is 83.6 Å². The van der Waals surface area contributed by atoms with Gasteiger partial charge in [0.1, 0.15) is 17.6 Å². The number of carbonyl (C=O) groups is 4. The highest BCUT2D eigenvalue weighted by molar-refractivity contribution is 6.23. The van der Waals surface area contributed by atoms with E-state index in [0.29, 0.717) is 24.2 Å². The van der Waals surface area contributed by atoms with E-state index in [1.807, 2.05) is 13.8 Å². The summed E-state index contributed by atoms with van der Waals surface area (Å²) in [5.74, 6) is -0.0227. The van der Waals surface area contributed by atoms with Crippen LogP contribution in [-0.4, -0.2) is 52.9 Å². The number of nitrogens with zero attached hydrogens (tertiary/aromatic N) is 4. The molecule has 0 radical (unpaired) electrons. The number of nitrogens with one attached hydrogen (secondary N) is 1. The van der Waals surface area contributed by atoms with Crippen LogP contribution in [0.1, 0.15) is 94.7 Å². The summed E-state index contributed by atoms with van der Waals surface area (Å²) in [4.78, 5) is 53.8. The molecule has 3 heterocycles. The number of imide groups is 2. The van der Waals surface area contributed by atoms with Crippen LogP contribution in [0, 0.1) is 43.9 Å². The summed E-state index contributed by atoms with van der Waals surface area (Å²) in [7, 11) is 0. The van der Waals surface area contributed by atoms with Crippen molar-refractivity contribution < 1.29 is 28.4 Å². The number of nitriles is 1. The molecule has 1 N–H and O–H groups in total. The van der Waals surface area contributed by atoms with E-state index in [4.69, 9.17) is 9.26 Å². The second-order valence-corrected chi connectivity index (χ2v) is 15.4. The molecule has 276 valence electrons. The third-order valence-electron chi connectivity index (χ3n) is 11.8. The van der Waals surface area contributed by atoms with Gasteiger partial charge in [-0.25, -0.2) is 0 Å². The first-order valence-corrected chi connectivity index (χ1v) is 18.9. The smallest absolute Gasteiger partial charge is 0.262 e. The monoisotopic (exact) mass is 725 g/mol. The van der Waals surface area contributed by atoms with E-state index in [1.165, 1.54) is 5.56 Å². The highest BCUT2D eigenvalue weighted by Gasteiger charge is 2.46. The number of anilines is 2. The molecule has 4 aliphatic rings. The Bertz CT molecular complexity index is 2190. The van der Waals surface area contributed by atoms with Crippen LogP contribution in [0.5, 0.6) is 5.75 Å². The fourth-order valence-corrected chi connectivity index (χ4v) is 8.44. The van der Waals surface area contributed by atoms with Gasteiger partial charge < -0.3 is 14.2 Å². The summed E-state index contributed by atoms with van der Waals surface area (Å²) in [5.41, 5.74) is 7.54. The summed E-state index contributed by atoms with van der Waals surface area (Å²) >= 11 is 0. The Labute approximate surface area is 314 Å². The number of benzene rings is 3. The van der Waals surface area contributed by atoms with Crippen LogP contribution >= 0.6 is 0 Å². The molecule has 0 spiro atoms. The number of rotatable bonds is 10. The SMILES string of the molecule is Cc1ccc(-c2c(C)noc2C)cc1N(C[C@H]1CC[C@H](COc2ccc3c(c2)C(=O)N(C2CCC(=O)NC2=O)C3=O)CC1)c1ccc(C2(C#N)CC2)cc1. The maximum Gasteiger partial charge on any atom is 0.262 e. The summed E-state index contributed by atoms with van der Waals surface area (Å²) in [6.07, 6.45) is 6.05. The number of amides is 4. The van der Waals surface area contributed by atoms with Crippen LogP contribution in [0.3, 0.4) is 0 Å². The van der Waals surface area contributed by atoms with Gasteiger partial charge >= 0.3 is 0 Å². The predicted molar refractivity (Wildman–Crippen MR) is 200 cm³/mol. The lowest BCUT2D eigenvalue weighted by Gasteiger charge is -2.35. The number of aromatic nitrogens is 1. The molecule has 4 amide bonds. The second-order valence-electron chi connectivity index (χ2n) is 15.4. The second kappa shape index (κ2) is 13.9. The molecule has 4 aromatic rings. The van der Waals surface area contributed by atoms with Crippen LogP contribution in [0.2, 0.25) is 0 Å². The average molecular weight is 726 g/mol. The van der Waals surface area contributed by atoms with E-state index < -0.39 is 29.7 Å². The molecule has 2 saturated carbocycles. The van der Waals surface area contributed by atoms with Gasteiger partial charge in [0, 0.05) is 29.9 Å². The maximum absolute atomic E-state index is 13.3. The van der Waals surface area contributed by atoms with Gasteiger partial charge in [0.15, 0.2) is 0 Å². The molecule has 11 heteroatoms. The molecule has 11 nitrogen and oxygen atoms in total. The molecule has 8 rings (SSSR count). The number of fused-ring (bicyclic) bond motifs is 1. The normalized spacial score (nSPS) is 21.7. The van der Waals surface area contributed by atoms with Crippen LogP contribution < -0.4 is 15.0 Å². The molecule has 54 heavy (non-hydrogen) atoms. The maximum atomic E-state index is 13.3. The molecule has 3 aromatic carbocycles. The Hall–Kier alpha value is -5.76. The van der Waals surface area contributed by atoms with E-state index in [9.17, 15) is 24.4 Å². The van der Waals surface area contributed by atoms with E-state index in [1.54, 1.807) is 18.2 Å². The lowest BCUT2D eigenvalue weighted by atomic mass is 9.82. The van der Waals surface area contributed by atoms with Crippen molar-refractivity contribution in [1.82, 2.24) is 15.4 Å². The topological polar surface area (TPSA) is 146 Å². The van der Waals surface area contributed by atoms with E-state index in [-0.39, 0.29) is 29.4 Å². The predicted octanol–water partition coefficient (Wildman–Crippen LogP) is 7.25. The number of ether oxygens (including phenoxy) is 1. The minimum absolute atomic E-state index is 0.0751. The van der Waals surface area contributed by atoms with Gasteiger partial charge in [-0.1, -0.05) is 29.4 Å². The number of aryl methyl sites for hydroxylation is 3. The summed E-state index contributed by atoms with van der Waals surface area (Å²) in [5, 5.41) is 16.2. The third-order valence-corrected chi connectivity index (χ3v) is 11.8. The third kappa shape index (κ3) is 6.44. The van der Waals surface area contributed by atoms with Crippen molar-refractivity contribution in [3.8, 4) is 22.9 Å². The van der Waals surface area contributed by atoms with Crippen molar-refractivity contribution in [2.75, 3.05) is 18.1 Å². The van der Waals surface area contributed by atoms with Crippen LogP contribution in [0.4, 0.5) is 11.4 Å². The van der Waals surface area contributed by atoms with Crippen LogP contribution in [0.25, 0.3) is 11.1 Å². The van der Waals surface area contributed by atoms with Gasteiger partial charge in [-0.05, 0) is 131 Å².